The second-order valence-corrected chi connectivity index (χ2v) is 3.20. The van der Waals surface area contributed by atoms with Gasteiger partial charge in [-0.3, -0.25) is 5.01 Å². The average molecular weight is 193 g/mol. The van der Waals surface area contributed by atoms with Crippen LogP contribution in [0.4, 0.5) is 5.69 Å². The first kappa shape index (κ1) is 10.3. The largest absolute Gasteiger partial charge is 0.399 e. The first-order valence-corrected chi connectivity index (χ1v) is 4.18. The van der Waals surface area contributed by atoms with Gasteiger partial charge in [-0.2, -0.15) is 5.10 Å². The first-order valence-electron chi connectivity index (χ1n) is 4.18. The van der Waals surface area contributed by atoms with Gasteiger partial charge in [0.25, 0.3) is 0 Å². The molecule has 1 aromatic rings. The molecule has 76 valence electrons. The third-order valence-corrected chi connectivity index (χ3v) is 1.81. The van der Waals surface area contributed by atoms with E-state index in [1.165, 1.54) is 5.01 Å². The molecule has 0 aliphatic carbocycles. The Labute approximate surface area is 83.1 Å². The van der Waals surface area contributed by atoms with Gasteiger partial charge in [-0.25, -0.2) is 5.84 Å². The highest BCUT2D eigenvalue weighted by Crippen LogP contribution is 2.12. The third-order valence-electron chi connectivity index (χ3n) is 1.81. The van der Waals surface area contributed by atoms with Crippen molar-refractivity contribution in [1.82, 2.24) is 5.01 Å². The van der Waals surface area contributed by atoms with Crippen LogP contribution in [-0.4, -0.2) is 17.9 Å². The summed E-state index contributed by atoms with van der Waals surface area (Å²) >= 11 is 0. The van der Waals surface area contributed by atoms with E-state index in [9.17, 15) is 0 Å². The summed E-state index contributed by atoms with van der Waals surface area (Å²) in [5.41, 5.74) is 8.23. The van der Waals surface area contributed by atoms with Crippen LogP contribution in [0.15, 0.2) is 23.3 Å². The molecular weight excluding hydrogens is 178 g/mol. The SMILES string of the molecule is Cc1cc(N)cc(/C(=N/N)N(C)N)c1. The monoisotopic (exact) mass is 193 g/mol. The maximum absolute atomic E-state index is 5.70. The van der Waals surface area contributed by atoms with E-state index in [1.807, 2.05) is 19.1 Å². The summed E-state index contributed by atoms with van der Waals surface area (Å²) in [4.78, 5) is 0. The minimum atomic E-state index is 0.500. The summed E-state index contributed by atoms with van der Waals surface area (Å²) in [6.07, 6.45) is 0. The van der Waals surface area contributed by atoms with Gasteiger partial charge in [0, 0.05) is 18.3 Å². The molecule has 0 unspecified atom stereocenters. The van der Waals surface area contributed by atoms with Gasteiger partial charge < -0.3 is 11.6 Å². The predicted octanol–water partition coefficient (Wildman–Crippen LogP) is 0.00302. The molecular formula is C9H15N5. The van der Waals surface area contributed by atoms with E-state index < -0.39 is 0 Å². The second-order valence-electron chi connectivity index (χ2n) is 3.20. The normalized spacial score (nSPS) is 11.5. The van der Waals surface area contributed by atoms with Gasteiger partial charge in [-0.1, -0.05) is 0 Å². The Bertz CT molecular complexity index is 336. The number of hydrazone groups is 1. The Morgan fingerprint density at radius 2 is 2.00 bits per heavy atom. The molecule has 0 aliphatic heterocycles. The Balaban J connectivity index is 3.18. The lowest BCUT2D eigenvalue weighted by Gasteiger charge is -2.15. The second kappa shape index (κ2) is 3.97. The maximum Gasteiger partial charge on any atom is 0.169 e. The van der Waals surface area contributed by atoms with Crippen molar-refractivity contribution in [3.63, 3.8) is 0 Å². The first-order chi connectivity index (χ1) is 6.54. The van der Waals surface area contributed by atoms with E-state index in [0.717, 1.165) is 11.1 Å². The minimum absolute atomic E-state index is 0.500. The van der Waals surface area contributed by atoms with E-state index in [0.29, 0.717) is 11.5 Å². The summed E-state index contributed by atoms with van der Waals surface area (Å²) < 4.78 is 0. The van der Waals surface area contributed by atoms with Crippen molar-refractivity contribution in [3.8, 4) is 0 Å². The van der Waals surface area contributed by atoms with Gasteiger partial charge in [0.05, 0.1) is 0 Å². The number of rotatable bonds is 1. The summed E-state index contributed by atoms with van der Waals surface area (Å²) in [5.74, 6) is 11.3. The quantitative estimate of drug-likeness (QED) is 0.192. The Hall–Kier alpha value is -1.75. The van der Waals surface area contributed by atoms with Crippen LogP contribution < -0.4 is 17.4 Å². The van der Waals surface area contributed by atoms with Crippen LogP contribution in [0.1, 0.15) is 11.1 Å². The fourth-order valence-electron chi connectivity index (χ4n) is 1.31. The number of aryl methyl sites for hydroxylation is 1. The number of nitrogens with zero attached hydrogens (tertiary/aromatic N) is 2. The van der Waals surface area contributed by atoms with Crippen molar-refractivity contribution in [1.29, 1.82) is 0 Å². The number of anilines is 1. The molecule has 0 fully saturated rings. The number of hydrogen-bond acceptors (Lipinski definition) is 4. The molecule has 1 aromatic carbocycles. The zero-order valence-corrected chi connectivity index (χ0v) is 8.36. The Kier molecular flexibility index (Phi) is 2.93. The molecule has 6 N–H and O–H groups in total. The Morgan fingerprint density at radius 3 is 2.43 bits per heavy atom. The van der Waals surface area contributed by atoms with Crippen LogP contribution in [-0.2, 0) is 0 Å². The fourth-order valence-corrected chi connectivity index (χ4v) is 1.31. The highest BCUT2D eigenvalue weighted by atomic mass is 15.4. The summed E-state index contributed by atoms with van der Waals surface area (Å²) in [6.45, 7) is 1.95. The van der Waals surface area contributed by atoms with Gasteiger partial charge in [0.1, 0.15) is 0 Å². The number of hydrazine groups is 1. The van der Waals surface area contributed by atoms with Crippen molar-refractivity contribution in [2.75, 3.05) is 12.8 Å². The number of nitrogens with two attached hydrogens (primary N) is 3. The van der Waals surface area contributed by atoms with E-state index in [-0.39, 0.29) is 0 Å². The topological polar surface area (TPSA) is 93.7 Å². The molecule has 1 rings (SSSR count). The molecule has 0 bridgehead atoms. The van der Waals surface area contributed by atoms with E-state index in [2.05, 4.69) is 5.10 Å². The van der Waals surface area contributed by atoms with Crippen molar-refractivity contribution < 1.29 is 0 Å². The summed E-state index contributed by atoms with van der Waals surface area (Å²) in [5, 5.41) is 4.96. The molecule has 0 radical (unpaired) electrons. The van der Waals surface area contributed by atoms with Gasteiger partial charge in [-0.05, 0) is 30.7 Å². The number of benzene rings is 1. The van der Waals surface area contributed by atoms with Crippen LogP contribution in [0.2, 0.25) is 0 Å². The van der Waals surface area contributed by atoms with Crippen molar-refractivity contribution in [2.24, 2.45) is 16.8 Å². The maximum atomic E-state index is 5.70. The minimum Gasteiger partial charge on any atom is -0.399 e. The van der Waals surface area contributed by atoms with E-state index >= 15 is 0 Å². The van der Waals surface area contributed by atoms with Crippen LogP contribution in [0.25, 0.3) is 0 Å². The lowest BCUT2D eigenvalue weighted by molar-refractivity contribution is 0.537. The summed E-state index contributed by atoms with van der Waals surface area (Å²) in [7, 11) is 1.67. The van der Waals surface area contributed by atoms with Gasteiger partial charge in [0.15, 0.2) is 5.84 Å². The standard InChI is InChI=1S/C9H15N5/c1-6-3-7(5-8(10)4-6)9(13-11)14(2)12/h3-5H,10-12H2,1-2H3/b13-9-. The molecule has 0 heterocycles. The van der Waals surface area contributed by atoms with Crippen LogP contribution in [0.3, 0.4) is 0 Å². The van der Waals surface area contributed by atoms with Gasteiger partial charge in [0.2, 0.25) is 0 Å². The smallest absolute Gasteiger partial charge is 0.169 e. The molecule has 14 heavy (non-hydrogen) atoms. The molecule has 5 heteroatoms. The van der Waals surface area contributed by atoms with Crippen LogP contribution in [0.5, 0.6) is 0 Å². The molecule has 0 atom stereocenters. The van der Waals surface area contributed by atoms with Crippen molar-refractivity contribution in [2.45, 2.75) is 6.92 Å². The van der Waals surface area contributed by atoms with Gasteiger partial charge in [-0.15, -0.1) is 0 Å². The molecule has 5 nitrogen and oxygen atoms in total. The third kappa shape index (κ3) is 2.14. The molecule has 0 aromatic heterocycles. The predicted molar refractivity (Wildman–Crippen MR) is 58.3 cm³/mol. The molecule has 0 aliphatic rings. The number of nitrogen functional groups attached to an aromatic ring is 1. The molecule has 0 amide bonds. The fraction of sp³-hybridized carbons (Fsp3) is 0.222. The zero-order valence-electron chi connectivity index (χ0n) is 8.36. The highest BCUT2D eigenvalue weighted by molar-refractivity contribution is 5.98. The number of amidine groups is 1. The number of hydrogen-bond donors (Lipinski definition) is 3. The van der Waals surface area contributed by atoms with E-state index in [4.69, 9.17) is 17.4 Å². The van der Waals surface area contributed by atoms with Gasteiger partial charge >= 0.3 is 0 Å². The average Bonchev–Trinajstić information content (AvgIpc) is 2.02. The lowest BCUT2D eigenvalue weighted by Crippen LogP contribution is -2.34. The highest BCUT2D eigenvalue weighted by Gasteiger charge is 2.07. The van der Waals surface area contributed by atoms with Crippen LogP contribution >= 0.6 is 0 Å². The summed E-state index contributed by atoms with van der Waals surface area (Å²) in [6, 6.07) is 5.57. The Morgan fingerprint density at radius 1 is 1.36 bits per heavy atom. The van der Waals surface area contributed by atoms with Crippen LogP contribution in [0, 0.1) is 6.92 Å². The molecule has 0 saturated carbocycles. The molecule has 0 spiro atoms. The zero-order chi connectivity index (χ0) is 10.7. The molecule has 0 saturated heterocycles. The van der Waals surface area contributed by atoms with E-state index in [1.54, 1.807) is 13.1 Å². The van der Waals surface area contributed by atoms with Crippen molar-refractivity contribution >= 4 is 11.5 Å². The van der Waals surface area contributed by atoms with Crippen molar-refractivity contribution in [3.05, 3.63) is 29.3 Å². The lowest BCUT2D eigenvalue weighted by atomic mass is 10.1.